The zero-order chi connectivity index (χ0) is 19.3. The van der Waals surface area contributed by atoms with E-state index >= 15 is 0 Å². The lowest BCUT2D eigenvalue weighted by Crippen LogP contribution is -2.43. The summed E-state index contributed by atoms with van der Waals surface area (Å²) in [6, 6.07) is 14.7. The normalized spacial score (nSPS) is 17.7. The third-order valence-electron chi connectivity index (χ3n) is 4.51. The van der Waals surface area contributed by atoms with Crippen molar-refractivity contribution in [3.8, 4) is 11.4 Å². The van der Waals surface area contributed by atoms with Crippen molar-refractivity contribution in [2.75, 3.05) is 25.4 Å². The van der Waals surface area contributed by atoms with Crippen molar-refractivity contribution < 1.29 is 9.84 Å². The highest BCUT2D eigenvalue weighted by atomic mass is 35.5. The van der Waals surface area contributed by atoms with Crippen molar-refractivity contribution in [3.63, 3.8) is 0 Å². The number of benzene rings is 2. The Morgan fingerprint density at radius 1 is 1.18 bits per heavy atom. The molecule has 3 aromatic rings. The van der Waals surface area contributed by atoms with Crippen LogP contribution in [0.25, 0.3) is 5.69 Å². The number of aromatic hydroxyl groups is 1. The van der Waals surface area contributed by atoms with Crippen molar-refractivity contribution in [3.05, 3.63) is 59.1 Å². The molecular formula is C19H20ClN5O2S. The molecule has 0 spiro atoms. The van der Waals surface area contributed by atoms with Gasteiger partial charge in [-0.1, -0.05) is 41.6 Å². The van der Waals surface area contributed by atoms with Crippen molar-refractivity contribution in [1.29, 1.82) is 0 Å². The lowest BCUT2D eigenvalue weighted by Gasteiger charge is -2.32. The Bertz CT molecular complexity index is 921. The van der Waals surface area contributed by atoms with Crippen LogP contribution in [0.3, 0.4) is 0 Å². The van der Waals surface area contributed by atoms with E-state index in [1.54, 1.807) is 40.7 Å². The van der Waals surface area contributed by atoms with Gasteiger partial charge in [0.1, 0.15) is 5.75 Å². The quantitative estimate of drug-likeness (QED) is 0.618. The zero-order valence-corrected chi connectivity index (χ0v) is 16.7. The van der Waals surface area contributed by atoms with Gasteiger partial charge in [0.05, 0.1) is 18.4 Å². The molecule has 0 unspecified atom stereocenters. The Morgan fingerprint density at radius 3 is 2.82 bits per heavy atom. The van der Waals surface area contributed by atoms with Crippen molar-refractivity contribution in [2.24, 2.45) is 0 Å². The monoisotopic (exact) mass is 417 g/mol. The first-order valence-electron chi connectivity index (χ1n) is 8.97. The minimum absolute atomic E-state index is 0.0891. The molecule has 1 N–H and O–H groups in total. The van der Waals surface area contributed by atoms with Crippen LogP contribution < -0.4 is 0 Å². The lowest BCUT2D eigenvalue weighted by molar-refractivity contribution is -0.0187. The molecule has 0 amide bonds. The average Bonchev–Trinajstić information content (AvgIpc) is 3.18. The molecule has 2 heterocycles. The number of hydrogen-bond donors (Lipinski definition) is 1. The Labute approximate surface area is 172 Å². The number of thioether (sulfide) groups is 1. The first-order chi connectivity index (χ1) is 13.7. The molecule has 1 atom stereocenters. The summed E-state index contributed by atoms with van der Waals surface area (Å²) in [5.74, 6) is 0.956. The summed E-state index contributed by atoms with van der Waals surface area (Å²) in [7, 11) is 0. The SMILES string of the molecule is Oc1ccc(-n2nnnc2SC[C@@H]2CN(Cc3ccccc3Cl)CCO2)cc1. The van der Waals surface area contributed by atoms with Gasteiger partial charge < -0.3 is 9.84 Å². The van der Waals surface area contributed by atoms with E-state index in [1.165, 1.54) is 0 Å². The third-order valence-corrected chi connectivity index (χ3v) is 5.93. The second-order valence-corrected chi connectivity index (χ2v) is 7.91. The van der Waals surface area contributed by atoms with Gasteiger partial charge in [-0.25, -0.2) is 0 Å². The average molecular weight is 418 g/mol. The van der Waals surface area contributed by atoms with Crippen molar-refractivity contribution >= 4 is 23.4 Å². The molecule has 1 aliphatic heterocycles. The van der Waals surface area contributed by atoms with E-state index < -0.39 is 0 Å². The van der Waals surface area contributed by atoms with Gasteiger partial charge in [-0.15, -0.1) is 5.10 Å². The molecule has 1 aliphatic rings. The highest BCUT2D eigenvalue weighted by Crippen LogP contribution is 2.23. The fraction of sp³-hybridized carbons (Fsp3) is 0.316. The zero-order valence-electron chi connectivity index (χ0n) is 15.1. The molecule has 9 heteroatoms. The summed E-state index contributed by atoms with van der Waals surface area (Å²) in [5.41, 5.74) is 1.93. The van der Waals surface area contributed by atoms with Gasteiger partial charge in [0.2, 0.25) is 5.16 Å². The fourth-order valence-electron chi connectivity index (χ4n) is 3.08. The van der Waals surface area contributed by atoms with Gasteiger partial charge >= 0.3 is 0 Å². The second-order valence-electron chi connectivity index (χ2n) is 6.52. The predicted octanol–water partition coefficient (Wildman–Crippen LogP) is 3.01. The number of hydrogen-bond acceptors (Lipinski definition) is 7. The third kappa shape index (κ3) is 4.64. The molecule has 4 rings (SSSR count). The molecule has 28 heavy (non-hydrogen) atoms. The minimum Gasteiger partial charge on any atom is -0.508 e. The van der Waals surface area contributed by atoms with E-state index in [9.17, 15) is 5.11 Å². The van der Waals surface area contributed by atoms with Gasteiger partial charge in [0, 0.05) is 30.4 Å². The van der Waals surface area contributed by atoms with Crippen LogP contribution in [0.1, 0.15) is 5.56 Å². The first-order valence-corrected chi connectivity index (χ1v) is 10.3. The number of halogens is 1. The van der Waals surface area contributed by atoms with Gasteiger partial charge in [-0.05, 0) is 46.3 Å². The molecule has 1 saturated heterocycles. The summed E-state index contributed by atoms with van der Waals surface area (Å²) < 4.78 is 7.59. The van der Waals surface area contributed by atoms with Crippen LogP contribution in [0.2, 0.25) is 5.02 Å². The molecular weight excluding hydrogens is 398 g/mol. The van der Waals surface area contributed by atoms with E-state index in [0.717, 1.165) is 41.7 Å². The minimum atomic E-state index is 0.0891. The van der Waals surface area contributed by atoms with Crippen molar-refractivity contribution in [1.82, 2.24) is 25.1 Å². The predicted molar refractivity (Wildman–Crippen MR) is 108 cm³/mol. The summed E-state index contributed by atoms with van der Waals surface area (Å²) in [6.07, 6.45) is 0.0891. The highest BCUT2D eigenvalue weighted by Gasteiger charge is 2.22. The Balaban J connectivity index is 1.36. The lowest BCUT2D eigenvalue weighted by atomic mass is 10.2. The van der Waals surface area contributed by atoms with Gasteiger partial charge in [0.15, 0.2) is 0 Å². The number of rotatable bonds is 6. The molecule has 0 radical (unpaired) electrons. The molecule has 7 nitrogen and oxygen atoms in total. The number of ether oxygens (including phenoxy) is 1. The fourth-order valence-corrected chi connectivity index (χ4v) is 4.18. The van der Waals surface area contributed by atoms with Gasteiger partial charge in [-0.2, -0.15) is 4.68 Å². The molecule has 0 saturated carbocycles. The van der Waals surface area contributed by atoms with Gasteiger partial charge in [-0.3, -0.25) is 4.90 Å². The number of phenols is 1. The molecule has 1 fully saturated rings. The smallest absolute Gasteiger partial charge is 0.214 e. The maximum atomic E-state index is 9.45. The largest absolute Gasteiger partial charge is 0.508 e. The van der Waals surface area contributed by atoms with E-state index in [2.05, 4.69) is 26.5 Å². The Morgan fingerprint density at radius 2 is 2.00 bits per heavy atom. The standard InChI is InChI=1S/C19H20ClN5O2S/c20-18-4-2-1-3-14(18)11-24-9-10-27-17(12-24)13-28-19-21-22-23-25(19)15-5-7-16(26)8-6-15/h1-8,17,26H,9-13H2/t17-/m0/s1. The van der Waals surface area contributed by atoms with E-state index in [4.69, 9.17) is 16.3 Å². The van der Waals surface area contributed by atoms with Crippen LogP contribution in [0.5, 0.6) is 5.75 Å². The number of phenolic OH excluding ortho intramolecular Hbond substituents is 1. The van der Waals surface area contributed by atoms with E-state index in [1.807, 2.05) is 18.2 Å². The topological polar surface area (TPSA) is 76.3 Å². The summed E-state index contributed by atoms with van der Waals surface area (Å²) in [5, 5.41) is 22.9. The van der Waals surface area contributed by atoms with Crippen molar-refractivity contribution in [2.45, 2.75) is 17.8 Å². The highest BCUT2D eigenvalue weighted by molar-refractivity contribution is 7.99. The number of nitrogens with zero attached hydrogens (tertiary/aromatic N) is 5. The number of aromatic nitrogens is 4. The van der Waals surface area contributed by atoms with Crippen LogP contribution in [-0.4, -0.2) is 61.8 Å². The van der Waals surface area contributed by atoms with Crippen LogP contribution in [-0.2, 0) is 11.3 Å². The summed E-state index contributed by atoms with van der Waals surface area (Å²) in [4.78, 5) is 2.36. The molecule has 0 bridgehead atoms. The number of morpholine rings is 1. The van der Waals surface area contributed by atoms with Crippen LogP contribution >= 0.6 is 23.4 Å². The van der Waals surface area contributed by atoms with E-state index in [-0.39, 0.29) is 11.9 Å². The van der Waals surface area contributed by atoms with Crippen LogP contribution in [0, 0.1) is 0 Å². The first kappa shape index (κ1) is 19.2. The number of tetrazole rings is 1. The maximum absolute atomic E-state index is 9.45. The summed E-state index contributed by atoms with van der Waals surface area (Å²) in [6.45, 7) is 3.23. The second kappa shape index (κ2) is 8.91. The van der Waals surface area contributed by atoms with Gasteiger partial charge in [0.25, 0.3) is 0 Å². The molecule has 1 aromatic heterocycles. The van der Waals surface area contributed by atoms with Crippen LogP contribution in [0.15, 0.2) is 53.7 Å². The molecule has 0 aliphatic carbocycles. The Kier molecular flexibility index (Phi) is 6.11. The Hall–Kier alpha value is -2.13. The maximum Gasteiger partial charge on any atom is 0.214 e. The molecule has 2 aromatic carbocycles. The summed E-state index contributed by atoms with van der Waals surface area (Å²) >= 11 is 7.85. The van der Waals surface area contributed by atoms with Crippen LogP contribution in [0.4, 0.5) is 0 Å². The van der Waals surface area contributed by atoms with E-state index in [0.29, 0.717) is 11.8 Å². The molecule has 146 valence electrons.